The predicted molar refractivity (Wildman–Crippen MR) is 99.4 cm³/mol. The maximum absolute atomic E-state index is 10.5. The van der Waals surface area contributed by atoms with Gasteiger partial charge in [-0.1, -0.05) is 38.8 Å². The maximum Gasteiger partial charge on any atom is 0.187 e. The number of hydrogen-bond donors (Lipinski definition) is 2. The van der Waals surface area contributed by atoms with E-state index in [-0.39, 0.29) is 0 Å². The molecule has 0 aromatic heterocycles. The van der Waals surface area contributed by atoms with Crippen molar-refractivity contribution in [2.75, 3.05) is 6.61 Å². The smallest absolute Gasteiger partial charge is 0.187 e. The predicted octanol–water partition coefficient (Wildman–Crippen LogP) is 1.44. The number of hydrogen-bond acceptors (Lipinski definition) is 5. The van der Waals surface area contributed by atoms with Gasteiger partial charge in [0.15, 0.2) is 5.11 Å². The van der Waals surface area contributed by atoms with E-state index in [1.54, 1.807) is 24.4 Å². The number of aliphatic carboxylic acids is 1. The van der Waals surface area contributed by atoms with Gasteiger partial charge in [0.2, 0.25) is 0 Å². The molecule has 0 aliphatic heterocycles. The topological polar surface area (TPSA) is 85.8 Å². The van der Waals surface area contributed by atoms with E-state index >= 15 is 0 Å². The van der Waals surface area contributed by atoms with Gasteiger partial charge in [-0.05, 0) is 42.6 Å². The van der Waals surface area contributed by atoms with Crippen LogP contribution in [0.1, 0.15) is 38.7 Å². The van der Waals surface area contributed by atoms with E-state index in [9.17, 15) is 9.90 Å². The number of benzene rings is 1. The number of carboxylic acid groups (broad SMARTS) is 1. The summed E-state index contributed by atoms with van der Waals surface area (Å²) in [5, 5.41) is 18.4. The number of carboxylic acids is 1. The Morgan fingerprint density at radius 2 is 2.16 bits per heavy atom. The van der Waals surface area contributed by atoms with E-state index in [2.05, 4.69) is 29.7 Å². The Morgan fingerprint density at radius 1 is 1.40 bits per heavy atom. The summed E-state index contributed by atoms with van der Waals surface area (Å²) in [7, 11) is 0. The Balaban J connectivity index is 1.88. The van der Waals surface area contributed by atoms with Gasteiger partial charge in [-0.3, -0.25) is 5.43 Å². The Hall–Kier alpha value is -2.15. The van der Waals surface area contributed by atoms with Crippen LogP contribution < -0.4 is 20.6 Å². The molecule has 25 heavy (non-hydrogen) atoms. The highest BCUT2D eigenvalue weighted by atomic mass is 32.1. The Morgan fingerprint density at radius 3 is 2.92 bits per heavy atom. The minimum absolute atomic E-state index is 0.359. The van der Waals surface area contributed by atoms with Gasteiger partial charge in [0, 0.05) is 11.6 Å². The number of carbonyl (C=O) groups excluding carboxylic acids is 1. The number of para-hydroxylation sites is 1. The molecule has 1 aliphatic carbocycles. The number of rotatable bonds is 6. The lowest BCUT2D eigenvalue weighted by atomic mass is 9.78. The second-order valence-electron chi connectivity index (χ2n) is 6.42. The molecule has 1 fully saturated rings. The molecular formula is C18H24N3O3S-. The van der Waals surface area contributed by atoms with Crippen molar-refractivity contribution in [2.24, 2.45) is 16.9 Å². The molecule has 0 radical (unpaired) electrons. The molecule has 0 bridgehead atoms. The van der Waals surface area contributed by atoms with Crippen LogP contribution in [-0.4, -0.2) is 29.9 Å². The molecule has 0 spiro atoms. The number of carbonyl (C=O) groups is 1. The molecule has 1 aliphatic rings. The Labute approximate surface area is 153 Å². The van der Waals surface area contributed by atoms with Gasteiger partial charge in [0.1, 0.15) is 12.4 Å². The van der Waals surface area contributed by atoms with Gasteiger partial charge in [0.25, 0.3) is 0 Å². The summed E-state index contributed by atoms with van der Waals surface area (Å²) < 4.78 is 5.17. The van der Waals surface area contributed by atoms with E-state index in [1.807, 2.05) is 6.07 Å². The van der Waals surface area contributed by atoms with E-state index in [1.165, 1.54) is 12.8 Å². The largest absolute Gasteiger partial charge is 0.546 e. The fraction of sp³-hybridized carbons (Fsp3) is 0.500. The van der Waals surface area contributed by atoms with Crippen LogP contribution in [0.4, 0.5) is 0 Å². The number of hydrazone groups is 1. The van der Waals surface area contributed by atoms with Crippen molar-refractivity contribution in [2.45, 2.75) is 39.2 Å². The number of thiocarbonyl (C=S) groups is 1. The van der Waals surface area contributed by atoms with Crippen molar-refractivity contribution in [1.29, 1.82) is 0 Å². The fourth-order valence-corrected chi connectivity index (χ4v) is 3.21. The molecule has 6 nitrogen and oxygen atoms in total. The summed E-state index contributed by atoms with van der Waals surface area (Å²) in [6, 6.07) is 7.38. The Kier molecular flexibility index (Phi) is 7.18. The van der Waals surface area contributed by atoms with Crippen LogP contribution in [0.2, 0.25) is 0 Å². The first-order valence-corrected chi connectivity index (χ1v) is 8.89. The zero-order valence-electron chi connectivity index (χ0n) is 14.5. The molecule has 2 N–H and O–H groups in total. The molecule has 1 saturated carbocycles. The summed E-state index contributed by atoms with van der Waals surface area (Å²) in [4.78, 5) is 10.5. The highest BCUT2D eigenvalue weighted by Gasteiger charge is 2.27. The quantitative estimate of drug-likeness (QED) is 0.452. The summed E-state index contributed by atoms with van der Waals surface area (Å²) in [6.07, 6.45) is 5.13. The van der Waals surface area contributed by atoms with Crippen LogP contribution in [-0.2, 0) is 4.79 Å². The highest BCUT2D eigenvalue weighted by Crippen LogP contribution is 2.29. The van der Waals surface area contributed by atoms with Gasteiger partial charge in [-0.2, -0.15) is 5.10 Å². The molecule has 0 amide bonds. The molecule has 1 aromatic rings. The first kappa shape index (κ1) is 19.2. The minimum atomic E-state index is -1.27. The Bertz CT molecular complexity index is 636. The van der Waals surface area contributed by atoms with Crippen molar-refractivity contribution in [3.05, 3.63) is 29.8 Å². The second kappa shape index (κ2) is 9.36. The number of nitrogens with one attached hydrogen (secondary N) is 2. The molecule has 1 aromatic carbocycles. The van der Waals surface area contributed by atoms with E-state index in [0.29, 0.717) is 34.3 Å². The monoisotopic (exact) mass is 362 g/mol. The summed E-state index contributed by atoms with van der Waals surface area (Å²) in [5.74, 6) is 0.401. The van der Waals surface area contributed by atoms with Crippen LogP contribution in [0.3, 0.4) is 0 Å². The lowest BCUT2D eigenvalue weighted by Crippen LogP contribution is -2.46. The van der Waals surface area contributed by atoms with Crippen LogP contribution >= 0.6 is 12.2 Å². The second-order valence-corrected chi connectivity index (χ2v) is 6.82. The first-order chi connectivity index (χ1) is 12.0. The average Bonchev–Trinajstić information content (AvgIpc) is 2.58. The molecule has 136 valence electrons. The van der Waals surface area contributed by atoms with Gasteiger partial charge in [-0.15, -0.1) is 0 Å². The number of ether oxygens (including phenoxy) is 1. The van der Waals surface area contributed by atoms with Crippen molar-refractivity contribution < 1.29 is 14.6 Å². The first-order valence-electron chi connectivity index (χ1n) is 8.48. The van der Waals surface area contributed by atoms with Gasteiger partial charge < -0.3 is 20.0 Å². The zero-order chi connectivity index (χ0) is 18.2. The van der Waals surface area contributed by atoms with Crippen LogP contribution in [0.25, 0.3) is 0 Å². The van der Waals surface area contributed by atoms with E-state index in [4.69, 9.17) is 17.0 Å². The highest BCUT2D eigenvalue weighted by molar-refractivity contribution is 7.80. The van der Waals surface area contributed by atoms with Crippen molar-refractivity contribution in [3.8, 4) is 5.75 Å². The van der Waals surface area contributed by atoms with Crippen LogP contribution in [0, 0.1) is 11.8 Å². The fourth-order valence-electron chi connectivity index (χ4n) is 3.00. The summed E-state index contributed by atoms with van der Waals surface area (Å²) in [6.45, 7) is 4.02. The normalized spacial score (nSPS) is 23.2. The summed E-state index contributed by atoms with van der Waals surface area (Å²) in [5.41, 5.74) is 3.46. The summed E-state index contributed by atoms with van der Waals surface area (Å²) >= 11 is 5.31. The maximum atomic E-state index is 10.5. The van der Waals surface area contributed by atoms with Gasteiger partial charge >= 0.3 is 0 Å². The van der Waals surface area contributed by atoms with Gasteiger partial charge in [-0.25, -0.2) is 0 Å². The van der Waals surface area contributed by atoms with Crippen molar-refractivity contribution in [3.63, 3.8) is 0 Å². The van der Waals surface area contributed by atoms with Crippen molar-refractivity contribution in [1.82, 2.24) is 10.7 Å². The van der Waals surface area contributed by atoms with Crippen LogP contribution in [0.15, 0.2) is 29.4 Å². The molecule has 0 heterocycles. The van der Waals surface area contributed by atoms with Crippen molar-refractivity contribution >= 4 is 29.5 Å². The van der Waals surface area contributed by atoms with E-state index < -0.39 is 12.6 Å². The molecule has 0 unspecified atom stereocenters. The lowest BCUT2D eigenvalue weighted by molar-refractivity contribution is -0.307. The van der Waals surface area contributed by atoms with E-state index in [0.717, 1.165) is 6.42 Å². The zero-order valence-corrected chi connectivity index (χ0v) is 15.3. The molecule has 0 saturated heterocycles. The third-order valence-corrected chi connectivity index (χ3v) is 4.87. The molecule has 2 rings (SSSR count). The molecule has 3 atom stereocenters. The van der Waals surface area contributed by atoms with Gasteiger partial charge in [0.05, 0.1) is 12.2 Å². The standard InChI is InChI=1S/C18H25N3O3S/c1-12-6-5-8-15(13(12)2)20-18(25)21-19-10-14-7-3-4-9-16(14)24-11-17(22)23/h3-4,7,9-10,12-13,15H,5-6,8,11H2,1-2H3,(H,22,23)(H2,20,21,25)/p-1/b19-10-/t12-,13+,15+/m0/s1. The molecular weight excluding hydrogens is 338 g/mol. The third kappa shape index (κ3) is 6.01. The average molecular weight is 362 g/mol. The molecule has 7 heteroatoms. The number of nitrogens with zero attached hydrogens (tertiary/aromatic N) is 1. The van der Waals surface area contributed by atoms with Crippen LogP contribution in [0.5, 0.6) is 5.75 Å². The third-order valence-electron chi connectivity index (χ3n) is 4.66. The minimum Gasteiger partial charge on any atom is -0.546 e. The lowest BCUT2D eigenvalue weighted by Gasteiger charge is -2.35. The SMILES string of the molecule is C[C@@H]1[C@@H](C)CCC[C@H]1NC(=S)N/N=C\c1ccccc1OCC(=O)[O-].